The van der Waals surface area contributed by atoms with Crippen LogP contribution in [0.4, 0.5) is 0 Å². The van der Waals surface area contributed by atoms with Crippen LogP contribution in [0.15, 0.2) is 0 Å². The maximum atomic E-state index is 12.8. The summed E-state index contributed by atoms with van der Waals surface area (Å²) in [6.45, 7) is 10.8. The van der Waals surface area contributed by atoms with Crippen molar-refractivity contribution >= 4 is 5.97 Å². The molecule has 1 fully saturated rings. The summed E-state index contributed by atoms with van der Waals surface area (Å²) >= 11 is 0. The summed E-state index contributed by atoms with van der Waals surface area (Å²) < 4.78 is 5.45. The van der Waals surface area contributed by atoms with Gasteiger partial charge in [0.25, 0.3) is 0 Å². The van der Waals surface area contributed by atoms with Gasteiger partial charge in [-0.2, -0.15) is 0 Å². The lowest BCUT2D eigenvalue weighted by atomic mass is 9.62. The number of ether oxygens (including phenoxy) is 1. The van der Waals surface area contributed by atoms with E-state index in [1.165, 1.54) is 6.42 Å². The molecule has 124 valence electrons. The second kappa shape index (κ2) is 7.59. The Morgan fingerprint density at radius 2 is 2.00 bits per heavy atom. The van der Waals surface area contributed by atoms with Gasteiger partial charge in [0.2, 0.25) is 0 Å². The van der Waals surface area contributed by atoms with Gasteiger partial charge >= 0.3 is 5.97 Å². The van der Waals surface area contributed by atoms with Crippen molar-refractivity contribution in [1.29, 1.82) is 0 Å². The van der Waals surface area contributed by atoms with E-state index < -0.39 is 5.54 Å². The molecule has 1 saturated carbocycles. The van der Waals surface area contributed by atoms with Crippen LogP contribution in [0.1, 0.15) is 53.4 Å². The zero-order valence-electron chi connectivity index (χ0n) is 14.8. The van der Waals surface area contributed by atoms with Gasteiger partial charge in [0.05, 0.1) is 6.61 Å². The van der Waals surface area contributed by atoms with E-state index in [4.69, 9.17) is 4.74 Å². The molecular weight excluding hydrogens is 264 g/mol. The van der Waals surface area contributed by atoms with E-state index in [1.54, 1.807) is 0 Å². The first-order valence-corrected chi connectivity index (χ1v) is 8.31. The number of likely N-dealkylation sites (N-methyl/N-ethyl adjacent to an activating group) is 1. The van der Waals surface area contributed by atoms with Gasteiger partial charge < -0.3 is 15.0 Å². The number of rotatable bonds is 6. The summed E-state index contributed by atoms with van der Waals surface area (Å²) in [7, 11) is 4.11. The number of hydrogen-bond acceptors (Lipinski definition) is 4. The molecule has 21 heavy (non-hydrogen) atoms. The fraction of sp³-hybridized carbons (Fsp3) is 0.941. The van der Waals surface area contributed by atoms with Gasteiger partial charge in [-0.3, -0.25) is 4.79 Å². The number of nitrogens with one attached hydrogen (secondary N) is 1. The standard InChI is InChI=1S/C17H34N2O2/c1-7-21-15(20)17(18-12-13-19(5)6)11-9-8-10-14(17)16(2,3)4/h14,18H,7-13H2,1-6H3. The molecule has 2 unspecified atom stereocenters. The predicted molar refractivity (Wildman–Crippen MR) is 87.3 cm³/mol. The number of carbonyl (C=O) groups excluding carboxylic acids is 1. The van der Waals surface area contributed by atoms with Crippen LogP contribution < -0.4 is 5.32 Å². The number of nitrogens with zero attached hydrogens (tertiary/aromatic N) is 1. The van der Waals surface area contributed by atoms with Crippen molar-refractivity contribution in [3.05, 3.63) is 0 Å². The summed E-state index contributed by atoms with van der Waals surface area (Å²) in [5.41, 5.74) is -0.416. The molecule has 0 bridgehead atoms. The Kier molecular flexibility index (Phi) is 6.67. The van der Waals surface area contributed by atoms with Crippen LogP contribution in [0, 0.1) is 11.3 Å². The molecule has 0 heterocycles. The van der Waals surface area contributed by atoms with Gasteiger partial charge in [0, 0.05) is 13.1 Å². The molecule has 4 nitrogen and oxygen atoms in total. The Hall–Kier alpha value is -0.610. The molecule has 0 aromatic rings. The number of esters is 1. The lowest BCUT2D eigenvalue weighted by molar-refractivity contribution is -0.159. The molecule has 0 aromatic heterocycles. The molecule has 0 saturated heterocycles. The number of hydrogen-bond donors (Lipinski definition) is 1. The molecule has 0 aliphatic heterocycles. The highest BCUT2D eigenvalue weighted by atomic mass is 16.5. The maximum Gasteiger partial charge on any atom is 0.326 e. The minimum Gasteiger partial charge on any atom is -0.465 e. The van der Waals surface area contributed by atoms with Crippen LogP contribution in [0.2, 0.25) is 0 Å². The normalized spacial score (nSPS) is 26.9. The molecule has 1 aliphatic carbocycles. The molecule has 1 rings (SSSR count). The lowest BCUT2D eigenvalue weighted by Crippen LogP contribution is -2.63. The van der Waals surface area contributed by atoms with E-state index in [-0.39, 0.29) is 11.4 Å². The molecular formula is C17H34N2O2. The van der Waals surface area contributed by atoms with Crippen LogP contribution >= 0.6 is 0 Å². The smallest absolute Gasteiger partial charge is 0.326 e. The van der Waals surface area contributed by atoms with Gasteiger partial charge in [-0.25, -0.2) is 0 Å². The topological polar surface area (TPSA) is 41.6 Å². The second-order valence-corrected chi connectivity index (χ2v) is 7.59. The molecule has 1 N–H and O–H groups in total. The van der Waals surface area contributed by atoms with Gasteiger partial charge in [0.15, 0.2) is 0 Å². The van der Waals surface area contributed by atoms with E-state index in [9.17, 15) is 4.79 Å². The van der Waals surface area contributed by atoms with Crippen molar-refractivity contribution in [2.45, 2.75) is 58.9 Å². The largest absolute Gasteiger partial charge is 0.465 e. The molecule has 2 atom stereocenters. The van der Waals surface area contributed by atoms with E-state index in [1.807, 2.05) is 6.92 Å². The van der Waals surface area contributed by atoms with Crippen molar-refractivity contribution in [3.63, 3.8) is 0 Å². The first-order valence-electron chi connectivity index (χ1n) is 8.31. The molecule has 0 aromatic carbocycles. The van der Waals surface area contributed by atoms with Crippen LogP contribution in [0.3, 0.4) is 0 Å². The summed E-state index contributed by atoms with van der Waals surface area (Å²) in [6.07, 6.45) is 4.29. The Morgan fingerprint density at radius 1 is 1.33 bits per heavy atom. The first-order chi connectivity index (χ1) is 9.74. The van der Waals surface area contributed by atoms with Gasteiger partial charge in [-0.05, 0) is 45.2 Å². The average molecular weight is 298 g/mol. The minimum absolute atomic E-state index is 0.0524. The molecule has 4 heteroatoms. The third-order valence-corrected chi connectivity index (χ3v) is 4.59. The summed E-state index contributed by atoms with van der Waals surface area (Å²) in [5.74, 6) is 0.267. The molecule has 0 radical (unpaired) electrons. The van der Waals surface area contributed by atoms with Crippen molar-refractivity contribution in [3.8, 4) is 0 Å². The summed E-state index contributed by atoms with van der Waals surface area (Å²) in [4.78, 5) is 14.9. The zero-order valence-corrected chi connectivity index (χ0v) is 14.8. The average Bonchev–Trinajstić information content (AvgIpc) is 2.37. The number of carbonyl (C=O) groups is 1. The highest BCUT2D eigenvalue weighted by Crippen LogP contribution is 2.45. The SMILES string of the molecule is CCOC(=O)C1(NCCN(C)C)CCCCC1C(C)(C)C. The molecule has 0 amide bonds. The second-order valence-electron chi connectivity index (χ2n) is 7.59. The Morgan fingerprint density at radius 3 is 2.52 bits per heavy atom. The summed E-state index contributed by atoms with van der Waals surface area (Å²) in [6, 6.07) is 0. The van der Waals surface area contributed by atoms with E-state index in [0.29, 0.717) is 12.5 Å². The van der Waals surface area contributed by atoms with Gasteiger partial charge in [0.1, 0.15) is 5.54 Å². The third kappa shape index (κ3) is 4.68. The molecule has 1 aliphatic rings. The van der Waals surface area contributed by atoms with E-state index in [0.717, 1.165) is 32.4 Å². The summed E-state index contributed by atoms with van der Waals surface area (Å²) in [5, 5.41) is 3.59. The Bertz CT molecular complexity index is 336. The van der Waals surface area contributed by atoms with Crippen LogP contribution in [-0.4, -0.2) is 50.2 Å². The van der Waals surface area contributed by atoms with Crippen molar-refractivity contribution in [2.75, 3.05) is 33.8 Å². The fourth-order valence-electron chi connectivity index (χ4n) is 3.64. The maximum absolute atomic E-state index is 12.8. The highest BCUT2D eigenvalue weighted by Gasteiger charge is 2.51. The van der Waals surface area contributed by atoms with Crippen LogP contribution in [0.25, 0.3) is 0 Å². The highest BCUT2D eigenvalue weighted by molar-refractivity contribution is 5.81. The van der Waals surface area contributed by atoms with Gasteiger partial charge in [-0.1, -0.05) is 33.6 Å². The van der Waals surface area contributed by atoms with Gasteiger partial charge in [-0.15, -0.1) is 0 Å². The fourth-order valence-corrected chi connectivity index (χ4v) is 3.64. The first kappa shape index (κ1) is 18.4. The zero-order chi connectivity index (χ0) is 16.1. The minimum atomic E-state index is -0.511. The Balaban J connectivity index is 2.99. The Labute approximate surface area is 130 Å². The quantitative estimate of drug-likeness (QED) is 0.766. The lowest BCUT2D eigenvalue weighted by Gasteiger charge is -2.48. The van der Waals surface area contributed by atoms with Crippen molar-refractivity contribution in [2.24, 2.45) is 11.3 Å². The van der Waals surface area contributed by atoms with E-state index in [2.05, 4.69) is 45.1 Å². The monoisotopic (exact) mass is 298 g/mol. The van der Waals surface area contributed by atoms with Crippen molar-refractivity contribution < 1.29 is 9.53 Å². The molecule has 0 spiro atoms. The van der Waals surface area contributed by atoms with Crippen LogP contribution in [-0.2, 0) is 9.53 Å². The predicted octanol–water partition coefficient (Wildman–Crippen LogP) is 2.68. The van der Waals surface area contributed by atoms with Crippen LogP contribution in [0.5, 0.6) is 0 Å². The van der Waals surface area contributed by atoms with Crippen molar-refractivity contribution in [1.82, 2.24) is 10.2 Å². The third-order valence-electron chi connectivity index (χ3n) is 4.59. The van der Waals surface area contributed by atoms with E-state index >= 15 is 0 Å².